The van der Waals surface area contributed by atoms with Gasteiger partial charge >= 0.3 is 12.1 Å². The number of benzene rings is 2. The largest absolute Gasteiger partial charge is 0.481 e. The zero-order valence-corrected chi connectivity index (χ0v) is 19.8. The second kappa shape index (κ2) is 10.0. The molecule has 0 radical (unpaired) electrons. The topological polar surface area (TPSA) is 123 Å². The summed E-state index contributed by atoms with van der Waals surface area (Å²) in [6, 6.07) is 14.2. The summed E-state index contributed by atoms with van der Waals surface area (Å²) < 4.78 is 7.16. The van der Waals surface area contributed by atoms with E-state index < -0.39 is 36.5 Å². The number of carboxylic acids is 1. The van der Waals surface area contributed by atoms with E-state index >= 15 is 0 Å². The smallest absolute Gasteiger partial charge is 0.407 e. The van der Waals surface area contributed by atoms with Crippen molar-refractivity contribution in [2.24, 2.45) is 7.05 Å². The molecule has 0 spiro atoms. The third-order valence-electron chi connectivity index (χ3n) is 6.43. The Bertz CT molecular complexity index is 1220. The highest BCUT2D eigenvalue weighted by molar-refractivity contribution is 5.89. The van der Waals surface area contributed by atoms with Crippen molar-refractivity contribution in [2.75, 3.05) is 6.61 Å². The van der Waals surface area contributed by atoms with Gasteiger partial charge < -0.3 is 20.5 Å². The van der Waals surface area contributed by atoms with Gasteiger partial charge in [0.05, 0.1) is 18.7 Å². The first kappa shape index (κ1) is 24.0. The van der Waals surface area contributed by atoms with E-state index in [1.165, 1.54) is 0 Å². The zero-order valence-electron chi connectivity index (χ0n) is 19.8. The molecule has 2 aromatic carbocycles. The molecule has 0 fully saturated rings. The van der Waals surface area contributed by atoms with Gasteiger partial charge in [-0.3, -0.25) is 14.3 Å². The van der Waals surface area contributed by atoms with E-state index in [0.29, 0.717) is 0 Å². The van der Waals surface area contributed by atoms with Crippen LogP contribution in [0, 0.1) is 6.92 Å². The van der Waals surface area contributed by atoms with Crippen molar-refractivity contribution in [1.82, 2.24) is 20.4 Å². The van der Waals surface area contributed by atoms with E-state index in [2.05, 4.69) is 15.7 Å². The molecule has 0 bridgehead atoms. The summed E-state index contributed by atoms with van der Waals surface area (Å²) in [5, 5.41) is 18.6. The van der Waals surface area contributed by atoms with Crippen LogP contribution >= 0.6 is 0 Å². The highest BCUT2D eigenvalue weighted by Crippen LogP contribution is 2.44. The average molecular weight is 477 g/mol. The summed E-state index contributed by atoms with van der Waals surface area (Å²) in [4.78, 5) is 36.8. The normalized spacial score (nSPS) is 13.9. The van der Waals surface area contributed by atoms with Crippen molar-refractivity contribution in [3.05, 3.63) is 77.1 Å². The number of fused-ring (bicyclic) bond motifs is 3. The van der Waals surface area contributed by atoms with Crippen molar-refractivity contribution in [1.29, 1.82) is 0 Å². The molecule has 2 atom stereocenters. The van der Waals surface area contributed by atoms with Crippen LogP contribution < -0.4 is 10.6 Å². The number of aromatic nitrogens is 2. The minimum absolute atomic E-state index is 0.0621. The molecule has 1 aromatic heterocycles. The van der Waals surface area contributed by atoms with Gasteiger partial charge in [-0.25, -0.2) is 4.79 Å². The van der Waals surface area contributed by atoms with E-state index in [0.717, 1.165) is 33.5 Å². The van der Waals surface area contributed by atoms with E-state index in [4.69, 9.17) is 4.74 Å². The van der Waals surface area contributed by atoms with Crippen LogP contribution in [0.4, 0.5) is 4.79 Å². The van der Waals surface area contributed by atoms with Crippen LogP contribution in [0.15, 0.2) is 54.7 Å². The lowest BCUT2D eigenvalue weighted by Crippen LogP contribution is -2.48. The highest BCUT2D eigenvalue weighted by atomic mass is 16.5. The quantitative estimate of drug-likeness (QED) is 0.459. The number of alkyl carbamates (subject to hydrolysis) is 1. The molecule has 1 aliphatic rings. The van der Waals surface area contributed by atoms with Crippen LogP contribution in [0.2, 0.25) is 0 Å². The first-order valence-electron chi connectivity index (χ1n) is 11.4. The number of ether oxygens (including phenoxy) is 1. The fraction of sp³-hybridized carbons (Fsp3) is 0.308. The average Bonchev–Trinajstić information content (AvgIpc) is 3.34. The van der Waals surface area contributed by atoms with Crippen LogP contribution in [0.25, 0.3) is 11.1 Å². The van der Waals surface area contributed by atoms with Crippen LogP contribution in [0.5, 0.6) is 0 Å². The number of carbonyl (C=O) groups excluding carboxylic acids is 2. The van der Waals surface area contributed by atoms with Gasteiger partial charge in [0.2, 0.25) is 5.91 Å². The fourth-order valence-electron chi connectivity index (χ4n) is 4.50. The Morgan fingerprint density at radius 3 is 2.20 bits per heavy atom. The number of hydrogen-bond donors (Lipinski definition) is 3. The van der Waals surface area contributed by atoms with Crippen LogP contribution in [-0.4, -0.2) is 45.5 Å². The summed E-state index contributed by atoms with van der Waals surface area (Å²) in [6.45, 7) is 3.70. The van der Waals surface area contributed by atoms with Gasteiger partial charge in [-0.2, -0.15) is 5.10 Å². The third-order valence-corrected chi connectivity index (χ3v) is 6.43. The lowest BCUT2D eigenvalue weighted by Gasteiger charge is -2.21. The fourth-order valence-corrected chi connectivity index (χ4v) is 4.50. The molecule has 0 aliphatic heterocycles. The van der Waals surface area contributed by atoms with Crippen molar-refractivity contribution in [3.63, 3.8) is 0 Å². The number of nitrogens with one attached hydrogen (secondary N) is 2. The number of carboxylic acid groups (broad SMARTS) is 1. The van der Waals surface area contributed by atoms with E-state index in [-0.39, 0.29) is 12.5 Å². The maximum absolute atomic E-state index is 12.8. The molecule has 9 heteroatoms. The van der Waals surface area contributed by atoms with Crippen molar-refractivity contribution in [2.45, 2.75) is 38.3 Å². The Kier molecular flexibility index (Phi) is 6.86. The molecule has 4 rings (SSSR count). The second-order valence-electron chi connectivity index (χ2n) is 8.66. The Balaban J connectivity index is 1.41. The number of rotatable bonds is 8. The van der Waals surface area contributed by atoms with Crippen LogP contribution in [-0.2, 0) is 21.4 Å². The minimum Gasteiger partial charge on any atom is -0.481 e. The van der Waals surface area contributed by atoms with Gasteiger partial charge in [0.25, 0.3) is 0 Å². The molecule has 182 valence electrons. The summed E-state index contributed by atoms with van der Waals surface area (Å²) in [5.41, 5.74) is 5.98. The molecule has 3 aromatic rings. The second-order valence-corrected chi connectivity index (χ2v) is 8.66. The predicted molar refractivity (Wildman–Crippen MR) is 129 cm³/mol. The zero-order chi connectivity index (χ0) is 25.1. The minimum atomic E-state index is -1.29. The first-order valence-corrected chi connectivity index (χ1v) is 11.4. The van der Waals surface area contributed by atoms with E-state index in [1.807, 2.05) is 55.5 Å². The molecule has 2 amide bonds. The van der Waals surface area contributed by atoms with Gasteiger partial charge in [0.1, 0.15) is 12.6 Å². The molecule has 0 saturated carbocycles. The first-order chi connectivity index (χ1) is 16.8. The van der Waals surface area contributed by atoms with E-state index in [9.17, 15) is 19.5 Å². The maximum atomic E-state index is 12.8. The summed E-state index contributed by atoms with van der Waals surface area (Å²) in [7, 11) is 1.79. The molecule has 9 nitrogen and oxygen atoms in total. The number of amides is 2. The highest BCUT2D eigenvalue weighted by Gasteiger charge is 2.30. The summed E-state index contributed by atoms with van der Waals surface area (Å²) in [5.74, 6) is -1.97. The molecule has 3 N–H and O–H groups in total. The number of carbonyl (C=O) groups is 3. The van der Waals surface area contributed by atoms with Crippen molar-refractivity contribution in [3.8, 4) is 11.1 Å². The number of nitrogens with zero attached hydrogens (tertiary/aromatic N) is 2. The van der Waals surface area contributed by atoms with Crippen LogP contribution in [0.1, 0.15) is 47.7 Å². The Labute approximate surface area is 203 Å². The van der Waals surface area contributed by atoms with Gasteiger partial charge in [-0.15, -0.1) is 0 Å². The van der Waals surface area contributed by atoms with Gasteiger partial charge in [-0.05, 0) is 36.1 Å². The molecule has 1 aliphatic carbocycles. The SMILES string of the molecule is Cc1c(C(C)NC(=O)C(CC(=O)O)NC(=O)OCC2c3ccccc3-c3ccccc32)cnn1C. The molecule has 35 heavy (non-hydrogen) atoms. The lowest BCUT2D eigenvalue weighted by molar-refractivity contribution is -0.140. The van der Waals surface area contributed by atoms with Crippen LogP contribution in [0.3, 0.4) is 0 Å². The lowest BCUT2D eigenvalue weighted by atomic mass is 9.98. The van der Waals surface area contributed by atoms with Gasteiger partial charge in [-0.1, -0.05) is 48.5 Å². The third kappa shape index (κ3) is 5.03. The Morgan fingerprint density at radius 2 is 1.66 bits per heavy atom. The molecular weight excluding hydrogens is 448 g/mol. The number of hydrogen-bond acceptors (Lipinski definition) is 5. The summed E-state index contributed by atoms with van der Waals surface area (Å²) >= 11 is 0. The van der Waals surface area contributed by atoms with Crippen molar-refractivity contribution < 1.29 is 24.2 Å². The predicted octanol–water partition coefficient (Wildman–Crippen LogP) is 3.29. The number of aliphatic carboxylic acids is 1. The maximum Gasteiger partial charge on any atom is 0.407 e. The van der Waals surface area contributed by atoms with E-state index in [1.54, 1.807) is 24.9 Å². The van der Waals surface area contributed by atoms with Gasteiger partial charge in [0.15, 0.2) is 0 Å². The molecule has 0 saturated heterocycles. The monoisotopic (exact) mass is 476 g/mol. The summed E-state index contributed by atoms with van der Waals surface area (Å²) in [6.07, 6.45) is 0.221. The Morgan fingerprint density at radius 1 is 1.06 bits per heavy atom. The van der Waals surface area contributed by atoms with Gasteiger partial charge in [0, 0.05) is 24.2 Å². The van der Waals surface area contributed by atoms with Crippen molar-refractivity contribution >= 4 is 18.0 Å². The molecule has 2 unspecified atom stereocenters. The Hall–Kier alpha value is -4.14. The molecule has 1 heterocycles. The molecular formula is C26H28N4O5. The number of aryl methyl sites for hydroxylation is 1. The standard InChI is InChI=1S/C26H28N4O5/c1-15(21-13-27-30(3)16(21)2)28-25(33)23(12-24(31)32)29-26(34)35-14-22-19-10-6-4-8-17(19)18-9-5-7-11-20(18)22/h4-11,13,15,22-23H,12,14H2,1-3H3,(H,28,33)(H,29,34)(H,31,32).